The number of aryl methyl sites for hydroxylation is 1. The van der Waals surface area contributed by atoms with Crippen LogP contribution >= 0.6 is 0 Å². The first-order valence-electron chi connectivity index (χ1n) is 6.59. The largest absolute Gasteiger partial charge is 0.264 e. The Bertz CT molecular complexity index is 673. The van der Waals surface area contributed by atoms with Crippen molar-refractivity contribution >= 4 is 15.8 Å². The lowest BCUT2D eigenvalue weighted by Crippen LogP contribution is -2.14. The average molecular weight is 293 g/mol. The summed E-state index contributed by atoms with van der Waals surface area (Å²) in [4.78, 5) is 0.249. The van der Waals surface area contributed by atoms with Crippen LogP contribution in [0, 0.1) is 0 Å². The predicted molar refractivity (Wildman–Crippen MR) is 79.3 cm³/mol. The maximum Gasteiger partial charge on any atom is 0.263 e. The number of nitrogens with zero attached hydrogens (tertiary/aromatic N) is 1. The van der Waals surface area contributed by atoms with Crippen LogP contribution in [-0.2, 0) is 16.4 Å². The molecule has 0 aliphatic heterocycles. The molecule has 0 amide bonds. The first-order chi connectivity index (χ1) is 9.44. The molecular weight excluding hydrogens is 274 g/mol. The van der Waals surface area contributed by atoms with Gasteiger partial charge in [0, 0.05) is 5.56 Å². The lowest BCUT2D eigenvalue weighted by molar-refractivity contribution is 0.601. The number of aromatic amines is 1. The van der Waals surface area contributed by atoms with E-state index in [1.165, 1.54) is 0 Å². The number of sulfonamides is 1. The molecule has 0 aliphatic rings. The molecule has 0 bridgehead atoms. The standard InChI is InChI=1S/C14H19N3O2S/c1-4-11-9-15-16-14(11)17-20(18,19)13-7-5-12(6-8-13)10(2)3/h5-10H,4H2,1-3H3,(H2,15,16,17). The fraction of sp³-hybridized carbons (Fsp3) is 0.357. The summed E-state index contributed by atoms with van der Waals surface area (Å²) < 4.78 is 27.1. The minimum Gasteiger partial charge on any atom is -0.264 e. The second-order valence-electron chi connectivity index (χ2n) is 4.95. The van der Waals surface area contributed by atoms with E-state index in [9.17, 15) is 8.42 Å². The molecule has 2 aromatic rings. The molecule has 0 fully saturated rings. The van der Waals surface area contributed by atoms with Crippen LogP contribution in [0.15, 0.2) is 35.4 Å². The monoisotopic (exact) mass is 293 g/mol. The third-order valence-corrected chi connectivity index (χ3v) is 4.56. The van der Waals surface area contributed by atoms with Crippen LogP contribution in [0.3, 0.4) is 0 Å². The van der Waals surface area contributed by atoms with Crippen molar-refractivity contribution in [3.05, 3.63) is 41.6 Å². The Hall–Kier alpha value is -1.82. The second kappa shape index (κ2) is 5.66. The van der Waals surface area contributed by atoms with Crippen molar-refractivity contribution in [1.29, 1.82) is 0 Å². The Morgan fingerprint density at radius 3 is 2.45 bits per heavy atom. The van der Waals surface area contributed by atoms with E-state index in [4.69, 9.17) is 0 Å². The summed E-state index contributed by atoms with van der Waals surface area (Å²) in [6, 6.07) is 6.93. The van der Waals surface area contributed by atoms with Crippen LogP contribution in [0.4, 0.5) is 5.82 Å². The molecule has 6 heteroatoms. The zero-order chi connectivity index (χ0) is 14.8. The molecule has 1 heterocycles. The highest BCUT2D eigenvalue weighted by atomic mass is 32.2. The Kier molecular flexibility index (Phi) is 4.13. The molecule has 1 aromatic heterocycles. The van der Waals surface area contributed by atoms with Crippen LogP contribution in [0.1, 0.15) is 37.8 Å². The molecule has 2 N–H and O–H groups in total. The van der Waals surface area contributed by atoms with Gasteiger partial charge in [-0.15, -0.1) is 0 Å². The van der Waals surface area contributed by atoms with E-state index in [1.54, 1.807) is 18.3 Å². The van der Waals surface area contributed by atoms with Gasteiger partial charge in [-0.2, -0.15) is 5.10 Å². The molecular formula is C14H19N3O2S. The third-order valence-electron chi connectivity index (χ3n) is 3.19. The lowest BCUT2D eigenvalue weighted by atomic mass is 10.0. The van der Waals surface area contributed by atoms with Gasteiger partial charge in [-0.05, 0) is 30.0 Å². The van der Waals surface area contributed by atoms with Crippen molar-refractivity contribution in [3.63, 3.8) is 0 Å². The molecule has 0 saturated carbocycles. The molecule has 0 atom stereocenters. The summed E-state index contributed by atoms with van der Waals surface area (Å²) in [6.07, 6.45) is 2.33. The Labute approximate surface area is 119 Å². The SMILES string of the molecule is CCc1cn[nH]c1NS(=O)(=O)c1ccc(C(C)C)cc1. The first kappa shape index (κ1) is 14.6. The summed E-state index contributed by atoms with van der Waals surface area (Å²) in [5, 5.41) is 6.53. The molecule has 0 aliphatic carbocycles. The number of hydrogen-bond acceptors (Lipinski definition) is 3. The fourth-order valence-corrected chi connectivity index (χ4v) is 2.95. The first-order valence-corrected chi connectivity index (χ1v) is 8.07. The Morgan fingerprint density at radius 2 is 1.90 bits per heavy atom. The summed E-state index contributed by atoms with van der Waals surface area (Å²) in [7, 11) is -3.58. The maximum absolute atomic E-state index is 12.3. The highest BCUT2D eigenvalue weighted by Crippen LogP contribution is 2.20. The summed E-state index contributed by atoms with van der Waals surface area (Å²) >= 11 is 0. The molecule has 0 unspecified atom stereocenters. The molecule has 2 rings (SSSR count). The quantitative estimate of drug-likeness (QED) is 0.890. The van der Waals surface area contributed by atoms with Crippen LogP contribution in [0.5, 0.6) is 0 Å². The van der Waals surface area contributed by atoms with Crippen LogP contribution in [0.25, 0.3) is 0 Å². The van der Waals surface area contributed by atoms with Gasteiger partial charge in [-0.3, -0.25) is 9.82 Å². The van der Waals surface area contributed by atoms with Gasteiger partial charge >= 0.3 is 0 Å². The molecule has 0 spiro atoms. The van der Waals surface area contributed by atoms with E-state index < -0.39 is 10.0 Å². The molecule has 5 nitrogen and oxygen atoms in total. The third kappa shape index (κ3) is 3.01. The molecule has 0 saturated heterocycles. The van der Waals surface area contributed by atoms with Gasteiger partial charge in [0.2, 0.25) is 0 Å². The van der Waals surface area contributed by atoms with Gasteiger partial charge in [0.1, 0.15) is 5.82 Å². The molecule has 0 radical (unpaired) electrons. The average Bonchev–Trinajstić information content (AvgIpc) is 2.85. The highest BCUT2D eigenvalue weighted by molar-refractivity contribution is 7.92. The predicted octanol–water partition coefficient (Wildman–Crippen LogP) is 2.90. The van der Waals surface area contributed by atoms with E-state index >= 15 is 0 Å². The van der Waals surface area contributed by atoms with Crippen molar-refractivity contribution in [2.45, 2.75) is 38.0 Å². The minimum atomic E-state index is -3.58. The van der Waals surface area contributed by atoms with Crippen LogP contribution < -0.4 is 4.72 Å². The maximum atomic E-state index is 12.3. The van der Waals surface area contributed by atoms with E-state index in [1.807, 2.05) is 19.1 Å². The smallest absolute Gasteiger partial charge is 0.263 e. The van der Waals surface area contributed by atoms with E-state index in [-0.39, 0.29) is 4.90 Å². The van der Waals surface area contributed by atoms with Crippen molar-refractivity contribution in [3.8, 4) is 0 Å². The number of benzene rings is 1. The minimum absolute atomic E-state index is 0.249. The van der Waals surface area contributed by atoms with Crippen molar-refractivity contribution in [1.82, 2.24) is 10.2 Å². The van der Waals surface area contributed by atoms with Gasteiger partial charge in [0.05, 0.1) is 11.1 Å². The van der Waals surface area contributed by atoms with E-state index in [0.29, 0.717) is 18.2 Å². The number of aromatic nitrogens is 2. The highest BCUT2D eigenvalue weighted by Gasteiger charge is 2.16. The van der Waals surface area contributed by atoms with Gasteiger partial charge in [0.25, 0.3) is 10.0 Å². The molecule has 1 aromatic carbocycles. The van der Waals surface area contributed by atoms with Gasteiger partial charge in [0.15, 0.2) is 0 Å². The number of H-pyrrole nitrogens is 1. The summed E-state index contributed by atoms with van der Waals surface area (Å²) in [6.45, 7) is 6.08. The summed E-state index contributed by atoms with van der Waals surface area (Å²) in [5.74, 6) is 0.805. The van der Waals surface area contributed by atoms with Crippen molar-refractivity contribution in [2.75, 3.05) is 4.72 Å². The van der Waals surface area contributed by atoms with Crippen LogP contribution in [-0.4, -0.2) is 18.6 Å². The zero-order valence-corrected chi connectivity index (χ0v) is 12.7. The van der Waals surface area contributed by atoms with Gasteiger partial charge in [-0.1, -0.05) is 32.9 Å². The van der Waals surface area contributed by atoms with Gasteiger partial charge < -0.3 is 0 Å². The topological polar surface area (TPSA) is 74.8 Å². The van der Waals surface area contributed by atoms with Crippen molar-refractivity contribution in [2.24, 2.45) is 0 Å². The normalized spacial score (nSPS) is 11.8. The number of hydrogen-bond donors (Lipinski definition) is 2. The van der Waals surface area contributed by atoms with Gasteiger partial charge in [-0.25, -0.2) is 8.42 Å². The van der Waals surface area contributed by atoms with E-state index in [2.05, 4.69) is 28.8 Å². The zero-order valence-electron chi connectivity index (χ0n) is 11.8. The molecule has 20 heavy (non-hydrogen) atoms. The Balaban J connectivity index is 2.26. The number of rotatable bonds is 5. The Morgan fingerprint density at radius 1 is 1.25 bits per heavy atom. The lowest BCUT2D eigenvalue weighted by Gasteiger charge is -2.09. The molecule has 108 valence electrons. The van der Waals surface area contributed by atoms with Crippen LogP contribution in [0.2, 0.25) is 0 Å². The van der Waals surface area contributed by atoms with E-state index in [0.717, 1.165) is 11.1 Å². The number of nitrogens with one attached hydrogen (secondary N) is 2. The summed E-state index contributed by atoms with van der Waals surface area (Å²) in [5.41, 5.74) is 1.95. The fourth-order valence-electron chi connectivity index (χ4n) is 1.89. The number of anilines is 1. The second-order valence-corrected chi connectivity index (χ2v) is 6.64. The van der Waals surface area contributed by atoms with Crippen molar-refractivity contribution < 1.29 is 8.42 Å².